The van der Waals surface area contributed by atoms with Gasteiger partial charge in [0.2, 0.25) is 0 Å². The summed E-state index contributed by atoms with van der Waals surface area (Å²) in [6, 6.07) is 0.253. The summed E-state index contributed by atoms with van der Waals surface area (Å²) in [4.78, 5) is 12.5. The van der Waals surface area contributed by atoms with Gasteiger partial charge in [-0.15, -0.1) is 0 Å². The zero-order chi connectivity index (χ0) is 16.0. The van der Waals surface area contributed by atoms with Gasteiger partial charge in [0, 0.05) is 24.3 Å². The standard InChI is InChI=1S/C17H27N3O2/c1-5-22-14-9-13(17(14)7-6-8-17)19-15(21)12-10-18-20(11-12)16(2,3)4/h10-11,13-14H,5-9H2,1-4H3,(H,19,21)/t13-,14-/m1/s1. The van der Waals surface area contributed by atoms with Crippen molar-refractivity contribution in [2.24, 2.45) is 5.41 Å². The number of nitrogens with zero attached hydrogens (tertiary/aromatic N) is 2. The highest BCUT2D eigenvalue weighted by atomic mass is 16.5. The van der Waals surface area contributed by atoms with Crippen LogP contribution in [0.2, 0.25) is 0 Å². The van der Waals surface area contributed by atoms with E-state index in [0.717, 1.165) is 13.0 Å². The Balaban J connectivity index is 1.64. The van der Waals surface area contributed by atoms with Crippen LogP contribution in [0.1, 0.15) is 63.7 Å². The van der Waals surface area contributed by atoms with E-state index in [1.165, 1.54) is 19.3 Å². The van der Waals surface area contributed by atoms with Crippen molar-refractivity contribution in [1.82, 2.24) is 15.1 Å². The van der Waals surface area contributed by atoms with Gasteiger partial charge in [0.15, 0.2) is 0 Å². The number of rotatable bonds is 4. The van der Waals surface area contributed by atoms with Crippen molar-refractivity contribution in [3.8, 4) is 0 Å². The molecule has 1 aromatic rings. The number of nitrogens with one attached hydrogen (secondary N) is 1. The average molecular weight is 305 g/mol. The van der Waals surface area contributed by atoms with Gasteiger partial charge in [-0.1, -0.05) is 6.42 Å². The molecule has 0 saturated heterocycles. The van der Waals surface area contributed by atoms with E-state index in [4.69, 9.17) is 4.74 Å². The van der Waals surface area contributed by atoms with Crippen LogP contribution in [0.4, 0.5) is 0 Å². The van der Waals surface area contributed by atoms with Crippen LogP contribution in [0, 0.1) is 5.41 Å². The van der Waals surface area contributed by atoms with Gasteiger partial charge in [-0.25, -0.2) is 0 Å². The summed E-state index contributed by atoms with van der Waals surface area (Å²) >= 11 is 0. The first-order chi connectivity index (χ1) is 10.4. The fourth-order valence-corrected chi connectivity index (χ4v) is 3.69. The molecule has 0 bridgehead atoms. The minimum Gasteiger partial charge on any atom is -0.378 e. The molecule has 2 aliphatic rings. The molecule has 0 aliphatic heterocycles. The molecule has 1 spiro atoms. The summed E-state index contributed by atoms with van der Waals surface area (Å²) < 4.78 is 7.67. The molecule has 1 amide bonds. The SMILES string of the molecule is CCO[C@@H]1C[C@@H](NC(=O)c2cnn(C(C)(C)C)c2)C12CCC2. The van der Waals surface area contributed by atoms with Crippen molar-refractivity contribution < 1.29 is 9.53 Å². The van der Waals surface area contributed by atoms with Gasteiger partial charge in [0.1, 0.15) is 0 Å². The molecule has 122 valence electrons. The van der Waals surface area contributed by atoms with E-state index < -0.39 is 0 Å². The molecule has 5 nitrogen and oxygen atoms in total. The summed E-state index contributed by atoms with van der Waals surface area (Å²) in [7, 11) is 0. The molecule has 2 atom stereocenters. The maximum atomic E-state index is 12.5. The van der Waals surface area contributed by atoms with E-state index in [2.05, 4.69) is 31.2 Å². The zero-order valence-electron chi connectivity index (χ0n) is 14.1. The number of ether oxygens (including phenoxy) is 1. The van der Waals surface area contributed by atoms with E-state index in [1.54, 1.807) is 6.20 Å². The molecule has 5 heteroatoms. The van der Waals surface area contributed by atoms with E-state index in [0.29, 0.717) is 11.7 Å². The molecular formula is C17H27N3O2. The lowest BCUT2D eigenvalue weighted by Crippen LogP contribution is -2.67. The third-order valence-electron chi connectivity index (χ3n) is 5.27. The highest BCUT2D eigenvalue weighted by Crippen LogP contribution is 2.57. The normalized spacial score (nSPS) is 26.4. The van der Waals surface area contributed by atoms with Crippen LogP contribution in [-0.4, -0.2) is 34.4 Å². The lowest BCUT2D eigenvalue weighted by Gasteiger charge is -2.60. The van der Waals surface area contributed by atoms with Crippen LogP contribution in [-0.2, 0) is 10.3 Å². The molecule has 0 aromatic carbocycles. The molecule has 2 fully saturated rings. The molecular weight excluding hydrogens is 278 g/mol. The molecule has 2 saturated carbocycles. The number of hydrogen-bond acceptors (Lipinski definition) is 3. The van der Waals surface area contributed by atoms with Crippen molar-refractivity contribution in [1.29, 1.82) is 0 Å². The number of carbonyl (C=O) groups is 1. The molecule has 2 aliphatic carbocycles. The lowest BCUT2D eigenvalue weighted by molar-refractivity contribution is -0.169. The Bertz CT molecular complexity index is 554. The van der Waals surface area contributed by atoms with Crippen molar-refractivity contribution in [3.05, 3.63) is 18.0 Å². The fourth-order valence-electron chi connectivity index (χ4n) is 3.69. The third kappa shape index (κ3) is 2.45. The van der Waals surface area contributed by atoms with Crippen LogP contribution in [0.15, 0.2) is 12.4 Å². The maximum absolute atomic E-state index is 12.5. The predicted octanol–water partition coefficient (Wildman–Crippen LogP) is 2.72. The van der Waals surface area contributed by atoms with Gasteiger partial charge < -0.3 is 10.1 Å². The third-order valence-corrected chi connectivity index (χ3v) is 5.27. The summed E-state index contributed by atoms with van der Waals surface area (Å²) in [5, 5.41) is 7.51. The Morgan fingerprint density at radius 1 is 1.50 bits per heavy atom. The second-order valence-electron chi connectivity index (χ2n) is 7.64. The number of hydrogen-bond donors (Lipinski definition) is 1. The maximum Gasteiger partial charge on any atom is 0.254 e. The Morgan fingerprint density at radius 3 is 2.73 bits per heavy atom. The molecule has 0 radical (unpaired) electrons. The van der Waals surface area contributed by atoms with Crippen molar-refractivity contribution in [3.63, 3.8) is 0 Å². The van der Waals surface area contributed by atoms with Crippen molar-refractivity contribution in [2.75, 3.05) is 6.61 Å². The largest absolute Gasteiger partial charge is 0.378 e. The van der Waals surface area contributed by atoms with Crippen LogP contribution in [0.5, 0.6) is 0 Å². The van der Waals surface area contributed by atoms with Crippen molar-refractivity contribution >= 4 is 5.91 Å². The first kappa shape index (κ1) is 15.5. The van der Waals surface area contributed by atoms with Gasteiger partial charge >= 0.3 is 0 Å². The molecule has 1 heterocycles. The Hall–Kier alpha value is -1.36. The Kier molecular flexibility index (Phi) is 3.79. The fraction of sp³-hybridized carbons (Fsp3) is 0.765. The predicted molar refractivity (Wildman–Crippen MR) is 84.8 cm³/mol. The Morgan fingerprint density at radius 2 is 2.23 bits per heavy atom. The molecule has 1 aromatic heterocycles. The summed E-state index contributed by atoms with van der Waals surface area (Å²) in [5.74, 6) is -0.0123. The average Bonchev–Trinajstić information content (AvgIpc) is 2.84. The first-order valence-corrected chi connectivity index (χ1v) is 8.34. The van der Waals surface area contributed by atoms with Gasteiger partial charge in [-0.2, -0.15) is 5.10 Å². The molecule has 3 rings (SSSR count). The van der Waals surface area contributed by atoms with E-state index in [-0.39, 0.29) is 22.9 Å². The number of amides is 1. The molecule has 1 N–H and O–H groups in total. The zero-order valence-corrected chi connectivity index (χ0v) is 14.1. The quantitative estimate of drug-likeness (QED) is 0.930. The van der Waals surface area contributed by atoms with Gasteiger partial charge in [0.25, 0.3) is 5.91 Å². The van der Waals surface area contributed by atoms with Gasteiger partial charge in [0.05, 0.1) is 23.4 Å². The second kappa shape index (κ2) is 5.37. The van der Waals surface area contributed by atoms with Crippen molar-refractivity contribution in [2.45, 2.75) is 71.1 Å². The number of carbonyl (C=O) groups excluding carboxylic acids is 1. The van der Waals surface area contributed by atoms with Gasteiger partial charge in [-0.3, -0.25) is 9.48 Å². The second-order valence-corrected chi connectivity index (χ2v) is 7.64. The van der Waals surface area contributed by atoms with Crippen LogP contribution >= 0.6 is 0 Å². The minimum atomic E-state index is -0.107. The van der Waals surface area contributed by atoms with E-state index in [9.17, 15) is 4.79 Å². The Labute approximate surface area is 132 Å². The van der Waals surface area contributed by atoms with E-state index >= 15 is 0 Å². The molecule has 0 unspecified atom stereocenters. The first-order valence-electron chi connectivity index (χ1n) is 8.34. The topological polar surface area (TPSA) is 56.1 Å². The summed E-state index contributed by atoms with van der Waals surface area (Å²) in [6.07, 6.45) is 8.35. The minimum absolute atomic E-state index is 0.0123. The monoisotopic (exact) mass is 305 g/mol. The highest BCUT2D eigenvalue weighted by Gasteiger charge is 2.59. The lowest BCUT2D eigenvalue weighted by atomic mass is 9.51. The van der Waals surface area contributed by atoms with E-state index in [1.807, 2.05) is 17.8 Å². The molecule has 22 heavy (non-hydrogen) atoms. The summed E-state index contributed by atoms with van der Waals surface area (Å²) in [5.41, 5.74) is 0.736. The summed E-state index contributed by atoms with van der Waals surface area (Å²) in [6.45, 7) is 9.02. The van der Waals surface area contributed by atoms with Gasteiger partial charge in [-0.05, 0) is 47.0 Å². The van der Waals surface area contributed by atoms with Crippen LogP contribution < -0.4 is 5.32 Å². The van der Waals surface area contributed by atoms with Crippen LogP contribution in [0.25, 0.3) is 0 Å². The highest BCUT2D eigenvalue weighted by molar-refractivity contribution is 5.94. The number of aromatic nitrogens is 2. The van der Waals surface area contributed by atoms with Crippen LogP contribution in [0.3, 0.4) is 0 Å². The smallest absolute Gasteiger partial charge is 0.254 e.